The van der Waals surface area contributed by atoms with Crippen LogP contribution in [0.25, 0.3) is 0 Å². The lowest BCUT2D eigenvalue weighted by atomic mass is 9.79. The second-order valence-corrected chi connectivity index (χ2v) is 7.39. The van der Waals surface area contributed by atoms with Gasteiger partial charge in [0.2, 0.25) is 0 Å². The van der Waals surface area contributed by atoms with Crippen LogP contribution >= 0.6 is 23.4 Å². The second kappa shape index (κ2) is 5.03. The van der Waals surface area contributed by atoms with Crippen LogP contribution in [0.5, 0.6) is 0 Å². The van der Waals surface area contributed by atoms with E-state index in [0.29, 0.717) is 29.2 Å². The van der Waals surface area contributed by atoms with Gasteiger partial charge >= 0.3 is 0 Å². The van der Waals surface area contributed by atoms with Gasteiger partial charge < -0.3 is 5.11 Å². The minimum Gasteiger partial charge on any atom is -0.389 e. The summed E-state index contributed by atoms with van der Waals surface area (Å²) < 4.78 is 13.7. The third-order valence-corrected chi connectivity index (χ3v) is 5.16. The van der Waals surface area contributed by atoms with Gasteiger partial charge in [0.25, 0.3) is 0 Å². The minimum atomic E-state index is -0.835. The molecule has 1 fully saturated rings. The summed E-state index contributed by atoms with van der Waals surface area (Å²) in [5, 5.41) is 11.2. The molecule has 1 aromatic carbocycles. The minimum absolute atomic E-state index is 0.0900. The molecule has 0 aliphatic carbocycles. The van der Waals surface area contributed by atoms with Gasteiger partial charge in [0.1, 0.15) is 5.82 Å². The van der Waals surface area contributed by atoms with Crippen molar-refractivity contribution in [2.24, 2.45) is 5.41 Å². The van der Waals surface area contributed by atoms with Crippen molar-refractivity contribution < 1.29 is 9.50 Å². The van der Waals surface area contributed by atoms with E-state index < -0.39 is 5.60 Å². The maximum atomic E-state index is 13.7. The van der Waals surface area contributed by atoms with E-state index in [1.807, 2.05) is 0 Å². The van der Waals surface area contributed by atoms with E-state index in [4.69, 9.17) is 11.6 Å². The Hall–Kier alpha value is -0.250. The molecule has 0 spiro atoms. The average molecular weight is 289 g/mol. The standard InChI is InChI=1S/C14H18ClFOS/c1-13(2)7-14(17,9-18-8-13)6-10-5-11(15)3-4-12(10)16/h3-5,17H,6-9H2,1-2H3. The lowest BCUT2D eigenvalue weighted by molar-refractivity contribution is 0.0193. The molecule has 1 aromatic rings. The topological polar surface area (TPSA) is 20.2 Å². The lowest BCUT2D eigenvalue weighted by Crippen LogP contribution is -2.44. The van der Waals surface area contributed by atoms with Crippen molar-refractivity contribution in [3.05, 3.63) is 34.6 Å². The zero-order chi connectivity index (χ0) is 13.4. The fraction of sp³-hybridized carbons (Fsp3) is 0.571. The Morgan fingerprint density at radius 2 is 2.11 bits per heavy atom. The number of benzene rings is 1. The Kier molecular flexibility index (Phi) is 3.96. The normalized spacial score (nSPS) is 27.2. The van der Waals surface area contributed by atoms with Gasteiger partial charge in [-0.3, -0.25) is 0 Å². The van der Waals surface area contributed by atoms with E-state index in [1.165, 1.54) is 12.1 Å². The number of rotatable bonds is 2. The summed E-state index contributed by atoms with van der Waals surface area (Å²) in [4.78, 5) is 0. The van der Waals surface area contributed by atoms with E-state index in [1.54, 1.807) is 17.8 Å². The quantitative estimate of drug-likeness (QED) is 0.890. The van der Waals surface area contributed by atoms with Crippen LogP contribution in [0.1, 0.15) is 25.8 Å². The van der Waals surface area contributed by atoms with E-state index in [9.17, 15) is 9.50 Å². The highest BCUT2D eigenvalue weighted by molar-refractivity contribution is 7.99. The molecule has 2 rings (SSSR count). The van der Waals surface area contributed by atoms with Gasteiger partial charge in [-0.15, -0.1) is 0 Å². The summed E-state index contributed by atoms with van der Waals surface area (Å²) >= 11 is 7.62. The Labute approximate surface area is 117 Å². The van der Waals surface area contributed by atoms with Gasteiger partial charge in [0.15, 0.2) is 0 Å². The molecule has 4 heteroatoms. The van der Waals surface area contributed by atoms with Gasteiger partial charge in [-0.05, 0) is 41.4 Å². The Morgan fingerprint density at radius 3 is 2.78 bits per heavy atom. The maximum Gasteiger partial charge on any atom is 0.126 e. The molecule has 0 bridgehead atoms. The molecular weight excluding hydrogens is 271 g/mol. The molecule has 1 nitrogen and oxygen atoms in total. The van der Waals surface area contributed by atoms with Gasteiger partial charge in [0, 0.05) is 17.2 Å². The molecule has 1 unspecified atom stereocenters. The van der Waals surface area contributed by atoms with E-state index >= 15 is 0 Å². The first-order valence-electron chi connectivity index (χ1n) is 6.04. The van der Waals surface area contributed by atoms with Crippen LogP contribution in [0.15, 0.2) is 18.2 Å². The van der Waals surface area contributed by atoms with Crippen molar-refractivity contribution in [2.45, 2.75) is 32.3 Å². The van der Waals surface area contributed by atoms with Crippen LogP contribution in [-0.4, -0.2) is 22.2 Å². The first-order valence-corrected chi connectivity index (χ1v) is 7.57. The Balaban J connectivity index is 2.19. The SMILES string of the molecule is CC1(C)CSCC(O)(Cc2cc(Cl)ccc2F)C1. The van der Waals surface area contributed by atoms with E-state index in [2.05, 4.69) is 13.8 Å². The molecule has 0 saturated carbocycles. The number of hydrogen-bond donors (Lipinski definition) is 1. The van der Waals surface area contributed by atoms with Crippen molar-refractivity contribution in [3.63, 3.8) is 0 Å². The average Bonchev–Trinajstić information content (AvgIpc) is 2.21. The maximum absolute atomic E-state index is 13.7. The summed E-state index contributed by atoms with van der Waals surface area (Å²) in [6.07, 6.45) is 1.02. The zero-order valence-electron chi connectivity index (χ0n) is 10.7. The summed E-state index contributed by atoms with van der Waals surface area (Å²) in [6.45, 7) is 4.27. The number of hydrogen-bond acceptors (Lipinski definition) is 2. The summed E-state index contributed by atoms with van der Waals surface area (Å²) in [6, 6.07) is 4.51. The third kappa shape index (κ3) is 3.40. The molecule has 0 radical (unpaired) electrons. The van der Waals surface area contributed by atoms with Crippen molar-refractivity contribution in [1.29, 1.82) is 0 Å². The van der Waals surface area contributed by atoms with Crippen molar-refractivity contribution in [3.8, 4) is 0 Å². The summed E-state index contributed by atoms with van der Waals surface area (Å²) in [7, 11) is 0. The van der Waals surface area contributed by atoms with E-state index in [0.717, 1.165) is 5.75 Å². The second-order valence-electron chi connectivity index (χ2n) is 5.97. The number of thioether (sulfide) groups is 1. The molecule has 100 valence electrons. The van der Waals surface area contributed by atoms with Crippen LogP contribution in [0.2, 0.25) is 5.02 Å². The molecule has 18 heavy (non-hydrogen) atoms. The van der Waals surface area contributed by atoms with Gasteiger partial charge in [-0.1, -0.05) is 25.4 Å². The first kappa shape index (κ1) is 14.2. The number of halogens is 2. The highest BCUT2D eigenvalue weighted by Gasteiger charge is 2.39. The van der Waals surface area contributed by atoms with E-state index in [-0.39, 0.29) is 11.2 Å². The zero-order valence-corrected chi connectivity index (χ0v) is 12.2. The summed E-state index contributed by atoms with van der Waals surface area (Å²) in [5.41, 5.74) is -0.242. The predicted molar refractivity (Wildman–Crippen MR) is 75.8 cm³/mol. The third-order valence-electron chi connectivity index (χ3n) is 3.20. The highest BCUT2D eigenvalue weighted by atomic mass is 35.5. The van der Waals surface area contributed by atoms with Crippen LogP contribution in [0.3, 0.4) is 0 Å². The molecular formula is C14H18ClFOS. The van der Waals surface area contributed by atoms with Crippen LogP contribution in [-0.2, 0) is 6.42 Å². The Morgan fingerprint density at radius 1 is 1.39 bits per heavy atom. The summed E-state index contributed by atoms with van der Waals surface area (Å²) in [5.74, 6) is 1.40. The van der Waals surface area contributed by atoms with Crippen molar-refractivity contribution in [1.82, 2.24) is 0 Å². The van der Waals surface area contributed by atoms with Crippen LogP contribution in [0.4, 0.5) is 4.39 Å². The molecule has 1 saturated heterocycles. The fourth-order valence-electron chi connectivity index (χ4n) is 2.66. The van der Waals surface area contributed by atoms with Crippen LogP contribution in [0, 0.1) is 11.2 Å². The largest absolute Gasteiger partial charge is 0.389 e. The molecule has 0 amide bonds. The molecule has 1 heterocycles. The van der Waals surface area contributed by atoms with Gasteiger partial charge in [-0.25, -0.2) is 4.39 Å². The smallest absolute Gasteiger partial charge is 0.126 e. The lowest BCUT2D eigenvalue weighted by Gasteiger charge is -2.41. The van der Waals surface area contributed by atoms with Gasteiger partial charge in [0.05, 0.1) is 5.60 Å². The molecule has 0 aromatic heterocycles. The van der Waals surface area contributed by atoms with Crippen molar-refractivity contribution in [2.75, 3.05) is 11.5 Å². The van der Waals surface area contributed by atoms with Gasteiger partial charge in [-0.2, -0.15) is 11.8 Å². The Bertz CT molecular complexity index is 449. The molecule has 1 aliphatic rings. The highest BCUT2D eigenvalue weighted by Crippen LogP contribution is 2.41. The molecule has 1 aliphatic heterocycles. The fourth-order valence-corrected chi connectivity index (χ4v) is 4.19. The first-order chi connectivity index (χ1) is 8.30. The monoisotopic (exact) mass is 288 g/mol. The number of aliphatic hydroxyl groups is 1. The van der Waals surface area contributed by atoms with Crippen molar-refractivity contribution >= 4 is 23.4 Å². The molecule has 1 N–H and O–H groups in total. The molecule has 1 atom stereocenters. The predicted octanol–water partition coefficient (Wildman–Crippen LogP) is 3.92. The van der Waals surface area contributed by atoms with Crippen LogP contribution < -0.4 is 0 Å².